The lowest BCUT2D eigenvalue weighted by atomic mass is 9.92. The zero-order chi connectivity index (χ0) is 31.6. The predicted molar refractivity (Wildman–Crippen MR) is 193 cm³/mol. The maximum Gasteiger partial charge on any atom is 0.149 e. The van der Waals surface area contributed by atoms with Gasteiger partial charge in [0.1, 0.15) is 11.8 Å². The van der Waals surface area contributed by atoms with Crippen LogP contribution in [0.4, 0.5) is 0 Å². The van der Waals surface area contributed by atoms with E-state index >= 15 is 0 Å². The summed E-state index contributed by atoms with van der Waals surface area (Å²) in [5.41, 5.74) is 11.4. The molecular formula is C44H29N3. The molecule has 0 saturated heterocycles. The van der Waals surface area contributed by atoms with Crippen LogP contribution in [0.3, 0.4) is 0 Å². The summed E-state index contributed by atoms with van der Waals surface area (Å²) in [4.78, 5) is 5.18. The van der Waals surface area contributed by atoms with E-state index in [2.05, 4.69) is 132 Å². The van der Waals surface area contributed by atoms with Gasteiger partial charge in [0, 0.05) is 27.6 Å². The van der Waals surface area contributed by atoms with Gasteiger partial charge in [0.25, 0.3) is 0 Å². The lowest BCUT2D eigenvalue weighted by molar-refractivity contribution is 1.10. The lowest BCUT2D eigenvalue weighted by Crippen LogP contribution is -2.00. The van der Waals surface area contributed by atoms with Crippen molar-refractivity contribution in [3.05, 3.63) is 182 Å². The van der Waals surface area contributed by atoms with Gasteiger partial charge >= 0.3 is 0 Å². The third kappa shape index (κ3) is 4.99. The standard InChI is InChI=1S/C44H29N3/c45-30-38-39(32-19-8-2-9-20-32)40-41(42(46-38)33-21-10-3-11-22-33)44(35-25-14-5-15-26-35)47(43(40)34-23-12-4-13-24-34)37-28-16-27-36(29-37)31-17-6-1-7-18-31/h1-29H. The van der Waals surface area contributed by atoms with Crippen molar-refractivity contribution in [3.8, 4) is 67.8 Å². The summed E-state index contributed by atoms with van der Waals surface area (Å²) in [6.45, 7) is 0. The maximum atomic E-state index is 10.7. The van der Waals surface area contributed by atoms with Crippen molar-refractivity contribution in [2.45, 2.75) is 0 Å². The SMILES string of the molecule is N#Cc1nc(-c2ccccc2)c2c(-c3ccccc3)n(-c3cccc(-c4ccccc4)c3)c(-c3ccccc3)c2c1-c1ccccc1. The van der Waals surface area contributed by atoms with Gasteiger partial charge in [-0.2, -0.15) is 5.26 Å². The van der Waals surface area contributed by atoms with E-state index in [1.807, 2.05) is 54.6 Å². The molecule has 6 aromatic carbocycles. The molecule has 0 saturated carbocycles. The Hall–Kier alpha value is -6.50. The predicted octanol–water partition coefficient (Wildman–Crippen LogP) is 11.2. The summed E-state index contributed by atoms with van der Waals surface area (Å²) in [5.74, 6) is 0. The first-order valence-corrected chi connectivity index (χ1v) is 15.7. The highest BCUT2D eigenvalue weighted by Gasteiger charge is 2.29. The minimum absolute atomic E-state index is 0.398. The van der Waals surface area contributed by atoms with E-state index in [1.54, 1.807) is 0 Å². The van der Waals surface area contributed by atoms with Crippen LogP contribution >= 0.6 is 0 Å². The molecule has 0 N–H and O–H groups in total. The van der Waals surface area contributed by atoms with Crippen LogP contribution in [0.1, 0.15) is 5.69 Å². The van der Waals surface area contributed by atoms with Crippen LogP contribution in [0.25, 0.3) is 72.5 Å². The first-order chi connectivity index (χ1) is 23.3. The van der Waals surface area contributed by atoms with Crippen LogP contribution < -0.4 is 0 Å². The molecule has 0 unspecified atom stereocenters. The Bertz CT molecular complexity index is 2370. The number of hydrogen-bond donors (Lipinski definition) is 0. The maximum absolute atomic E-state index is 10.7. The molecule has 8 aromatic rings. The fourth-order valence-corrected chi connectivity index (χ4v) is 6.61. The summed E-state index contributed by atoms with van der Waals surface area (Å²) >= 11 is 0. The normalized spacial score (nSPS) is 11.0. The fraction of sp³-hybridized carbons (Fsp3) is 0. The number of fused-ring (bicyclic) bond motifs is 1. The second-order valence-corrected chi connectivity index (χ2v) is 11.5. The first kappa shape index (κ1) is 28.0. The number of rotatable bonds is 6. The Labute approximate surface area is 274 Å². The van der Waals surface area contributed by atoms with E-state index in [9.17, 15) is 5.26 Å². The zero-order valence-corrected chi connectivity index (χ0v) is 25.6. The van der Waals surface area contributed by atoms with E-state index in [1.165, 1.54) is 0 Å². The van der Waals surface area contributed by atoms with Gasteiger partial charge < -0.3 is 4.57 Å². The number of aromatic nitrogens is 2. The molecule has 0 aliphatic carbocycles. The van der Waals surface area contributed by atoms with Crippen LogP contribution in [0.5, 0.6) is 0 Å². The molecule has 0 aliphatic heterocycles. The van der Waals surface area contributed by atoms with Crippen molar-refractivity contribution in [1.82, 2.24) is 9.55 Å². The van der Waals surface area contributed by atoms with Crippen molar-refractivity contribution < 1.29 is 0 Å². The quantitative estimate of drug-likeness (QED) is 0.191. The monoisotopic (exact) mass is 599 g/mol. The van der Waals surface area contributed by atoms with Gasteiger partial charge in [-0.15, -0.1) is 0 Å². The van der Waals surface area contributed by atoms with Crippen molar-refractivity contribution in [1.29, 1.82) is 5.26 Å². The molecule has 0 spiro atoms. The highest BCUT2D eigenvalue weighted by atomic mass is 15.0. The van der Waals surface area contributed by atoms with Crippen LogP contribution in [-0.4, -0.2) is 9.55 Å². The molecule has 2 heterocycles. The van der Waals surface area contributed by atoms with Crippen molar-refractivity contribution in [2.75, 3.05) is 0 Å². The van der Waals surface area contributed by atoms with E-state index < -0.39 is 0 Å². The average Bonchev–Trinajstić information content (AvgIpc) is 3.52. The van der Waals surface area contributed by atoms with Crippen molar-refractivity contribution in [2.24, 2.45) is 0 Å². The minimum atomic E-state index is 0.398. The summed E-state index contributed by atoms with van der Waals surface area (Å²) in [6, 6.07) is 63.2. The first-order valence-electron chi connectivity index (χ1n) is 15.7. The Balaban J connectivity index is 1.64. The van der Waals surface area contributed by atoms with Gasteiger partial charge in [-0.3, -0.25) is 0 Å². The molecule has 0 aliphatic rings. The number of nitrogens with zero attached hydrogens (tertiary/aromatic N) is 3. The molecule has 0 radical (unpaired) electrons. The van der Waals surface area contributed by atoms with Gasteiger partial charge in [0.15, 0.2) is 0 Å². The molecule has 8 rings (SSSR count). The van der Waals surface area contributed by atoms with Gasteiger partial charge in [-0.05, 0) is 39.9 Å². The summed E-state index contributed by atoms with van der Waals surface area (Å²) < 4.78 is 2.38. The van der Waals surface area contributed by atoms with E-state index in [0.29, 0.717) is 5.69 Å². The van der Waals surface area contributed by atoms with Crippen LogP contribution in [0.15, 0.2) is 176 Å². The Kier molecular flexibility index (Phi) is 7.22. The molecule has 3 heteroatoms. The number of nitriles is 1. The largest absolute Gasteiger partial charge is 0.308 e. The Morgan fingerprint density at radius 3 is 1.40 bits per heavy atom. The second kappa shape index (κ2) is 12.1. The van der Waals surface area contributed by atoms with E-state index in [4.69, 9.17) is 4.98 Å². The zero-order valence-electron chi connectivity index (χ0n) is 25.6. The molecule has 0 fully saturated rings. The Morgan fingerprint density at radius 2 is 0.872 bits per heavy atom. The topological polar surface area (TPSA) is 41.6 Å². The van der Waals surface area contributed by atoms with Crippen molar-refractivity contribution in [3.63, 3.8) is 0 Å². The summed E-state index contributed by atoms with van der Waals surface area (Å²) in [7, 11) is 0. The highest BCUT2D eigenvalue weighted by Crippen LogP contribution is 2.49. The molecule has 0 bridgehead atoms. The number of hydrogen-bond acceptors (Lipinski definition) is 2. The average molecular weight is 600 g/mol. The molecule has 47 heavy (non-hydrogen) atoms. The van der Waals surface area contributed by atoms with Gasteiger partial charge in [0.2, 0.25) is 0 Å². The van der Waals surface area contributed by atoms with Crippen LogP contribution in [0.2, 0.25) is 0 Å². The molecule has 220 valence electrons. The molecule has 3 nitrogen and oxygen atoms in total. The minimum Gasteiger partial charge on any atom is -0.308 e. The van der Waals surface area contributed by atoms with Crippen LogP contribution in [-0.2, 0) is 0 Å². The fourth-order valence-electron chi connectivity index (χ4n) is 6.61. The Morgan fingerprint density at radius 1 is 0.426 bits per heavy atom. The smallest absolute Gasteiger partial charge is 0.149 e. The third-order valence-corrected chi connectivity index (χ3v) is 8.64. The number of pyridine rings is 1. The summed E-state index contributed by atoms with van der Waals surface area (Å²) in [6.07, 6.45) is 0. The molecule has 0 amide bonds. The van der Waals surface area contributed by atoms with Gasteiger partial charge in [-0.1, -0.05) is 164 Å². The lowest BCUT2D eigenvalue weighted by Gasteiger charge is -2.16. The van der Waals surface area contributed by atoms with Crippen LogP contribution in [0, 0.1) is 11.3 Å². The second-order valence-electron chi connectivity index (χ2n) is 11.5. The van der Waals surface area contributed by atoms with Gasteiger partial charge in [-0.25, -0.2) is 4.98 Å². The van der Waals surface area contributed by atoms with E-state index in [0.717, 1.165) is 72.5 Å². The van der Waals surface area contributed by atoms with E-state index in [-0.39, 0.29) is 0 Å². The molecular weight excluding hydrogens is 571 g/mol. The molecule has 0 atom stereocenters. The summed E-state index contributed by atoms with van der Waals surface area (Å²) in [5, 5.41) is 12.7. The van der Waals surface area contributed by atoms with Crippen molar-refractivity contribution >= 4 is 10.8 Å². The third-order valence-electron chi connectivity index (χ3n) is 8.64. The van der Waals surface area contributed by atoms with Gasteiger partial charge in [0.05, 0.1) is 17.1 Å². The molecule has 2 aromatic heterocycles. The highest BCUT2D eigenvalue weighted by molar-refractivity contribution is 6.18. The number of benzene rings is 6.